The molecular formula is C13H15NO5. The van der Waals surface area contributed by atoms with Crippen molar-refractivity contribution in [1.29, 1.82) is 0 Å². The van der Waals surface area contributed by atoms with Crippen LogP contribution < -0.4 is 5.32 Å². The second-order valence-corrected chi connectivity index (χ2v) is 4.02. The molecular weight excluding hydrogens is 250 g/mol. The van der Waals surface area contributed by atoms with Gasteiger partial charge in [0, 0.05) is 6.42 Å². The molecule has 3 N–H and O–H groups in total. The molecule has 0 heterocycles. The van der Waals surface area contributed by atoms with Crippen molar-refractivity contribution >= 4 is 17.8 Å². The third-order valence-corrected chi connectivity index (χ3v) is 2.48. The Labute approximate surface area is 110 Å². The van der Waals surface area contributed by atoms with E-state index < -0.39 is 23.9 Å². The average Bonchev–Trinajstić information content (AvgIpc) is 2.36. The third kappa shape index (κ3) is 5.67. The average molecular weight is 265 g/mol. The molecule has 1 unspecified atom stereocenters. The molecule has 0 aliphatic carbocycles. The predicted octanol–water partition coefficient (Wildman–Crippen LogP) is 1.18. The van der Waals surface area contributed by atoms with Gasteiger partial charge in [-0.25, -0.2) is 0 Å². The minimum atomic E-state index is -1.07. The summed E-state index contributed by atoms with van der Waals surface area (Å²) in [5, 5.41) is 19.9. The molecule has 6 nitrogen and oxygen atoms in total. The lowest BCUT2D eigenvalue weighted by atomic mass is 10.0. The Morgan fingerprint density at radius 2 is 1.63 bits per heavy atom. The number of hydrogen-bond donors (Lipinski definition) is 3. The van der Waals surface area contributed by atoms with Crippen LogP contribution in [0.3, 0.4) is 0 Å². The standard InChI is InChI=1S/C13H15NO5/c15-11(6-7-12(16)17)14-10(8-13(18)19)9-4-2-1-3-5-9/h1-5,10H,6-8H2,(H,14,15)(H,16,17)(H,18,19). The van der Waals surface area contributed by atoms with Gasteiger partial charge in [-0.15, -0.1) is 0 Å². The van der Waals surface area contributed by atoms with Gasteiger partial charge in [-0.1, -0.05) is 30.3 Å². The van der Waals surface area contributed by atoms with Crippen LogP contribution in [0.2, 0.25) is 0 Å². The van der Waals surface area contributed by atoms with E-state index in [9.17, 15) is 14.4 Å². The number of rotatable bonds is 7. The molecule has 1 aromatic carbocycles. The van der Waals surface area contributed by atoms with Crippen LogP contribution in [0.25, 0.3) is 0 Å². The van der Waals surface area contributed by atoms with Crippen molar-refractivity contribution in [3.05, 3.63) is 35.9 Å². The molecule has 0 aliphatic rings. The summed E-state index contributed by atoms with van der Waals surface area (Å²) in [5.41, 5.74) is 0.675. The van der Waals surface area contributed by atoms with Gasteiger partial charge in [-0.2, -0.15) is 0 Å². The minimum Gasteiger partial charge on any atom is -0.481 e. The van der Waals surface area contributed by atoms with Crippen LogP contribution in [0.5, 0.6) is 0 Å². The quantitative estimate of drug-likeness (QED) is 0.686. The number of carbonyl (C=O) groups excluding carboxylic acids is 1. The topological polar surface area (TPSA) is 104 Å². The highest BCUT2D eigenvalue weighted by molar-refractivity contribution is 5.81. The van der Waals surface area contributed by atoms with E-state index in [-0.39, 0.29) is 19.3 Å². The van der Waals surface area contributed by atoms with E-state index in [1.807, 2.05) is 0 Å². The molecule has 0 saturated carbocycles. The molecule has 0 bridgehead atoms. The highest BCUT2D eigenvalue weighted by Crippen LogP contribution is 2.16. The summed E-state index contributed by atoms with van der Waals surface area (Å²) in [4.78, 5) is 32.7. The first-order valence-electron chi connectivity index (χ1n) is 5.77. The minimum absolute atomic E-state index is 0.168. The molecule has 1 rings (SSSR count). The van der Waals surface area contributed by atoms with E-state index in [0.717, 1.165) is 0 Å². The van der Waals surface area contributed by atoms with Crippen LogP contribution in [0.1, 0.15) is 30.9 Å². The largest absolute Gasteiger partial charge is 0.481 e. The Balaban J connectivity index is 2.67. The Kier molecular flexibility index (Phi) is 5.53. The maximum atomic E-state index is 11.5. The molecule has 1 aromatic rings. The SMILES string of the molecule is O=C(O)CCC(=O)NC(CC(=O)O)c1ccccc1. The number of nitrogens with one attached hydrogen (secondary N) is 1. The fraction of sp³-hybridized carbons (Fsp3) is 0.308. The summed E-state index contributed by atoms with van der Waals surface area (Å²) in [6, 6.07) is 8.05. The van der Waals surface area contributed by atoms with Crippen LogP contribution in [0.15, 0.2) is 30.3 Å². The summed E-state index contributed by atoms with van der Waals surface area (Å²) >= 11 is 0. The highest BCUT2D eigenvalue weighted by atomic mass is 16.4. The van der Waals surface area contributed by atoms with Crippen LogP contribution in [0.4, 0.5) is 0 Å². The van der Waals surface area contributed by atoms with E-state index in [0.29, 0.717) is 5.56 Å². The molecule has 0 spiro atoms. The molecule has 0 aromatic heterocycles. The Morgan fingerprint density at radius 1 is 1.00 bits per heavy atom. The molecule has 1 amide bonds. The smallest absolute Gasteiger partial charge is 0.305 e. The normalized spacial score (nSPS) is 11.6. The Bertz CT molecular complexity index is 457. The number of carbonyl (C=O) groups is 3. The van der Waals surface area contributed by atoms with Crippen molar-refractivity contribution in [2.45, 2.75) is 25.3 Å². The molecule has 6 heteroatoms. The lowest BCUT2D eigenvalue weighted by Gasteiger charge is -2.17. The molecule has 1 atom stereocenters. The van der Waals surface area contributed by atoms with Crippen molar-refractivity contribution in [1.82, 2.24) is 5.32 Å². The fourth-order valence-corrected chi connectivity index (χ4v) is 1.60. The van der Waals surface area contributed by atoms with Crippen molar-refractivity contribution < 1.29 is 24.6 Å². The first-order chi connectivity index (χ1) is 8.99. The van der Waals surface area contributed by atoms with Gasteiger partial charge in [0.15, 0.2) is 0 Å². The van der Waals surface area contributed by atoms with E-state index in [1.165, 1.54) is 0 Å². The monoisotopic (exact) mass is 265 g/mol. The first kappa shape index (κ1) is 14.7. The van der Waals surface area contributed by atoms with Gasteiger partial charge < -0.3 is 15.5 Å². The zero-order valence-corrected chi connectivity index (χ0v) is 10.2. The molecule has 0 fully saturated rings. The van der Waals surface area contributed by atoms with Gasteiger partial charge >= 0.3 is 11.9 Å². The van der Waals surface area contributed by atoms with E-state index >= 15 is 0 Å². The number of carboxylic acids is 2. The second kappa shape index (κ2) is 7.15. The van der Waals surface area contributed by atoms with Gasteiger partial charge in [0.2, 0.25) is 5.91 Å². The van der Waals surface area contributed by atoms with Gasteiger partial charge in [-0.05, 0) is 5.56 Å². The summed E-state index contributed by atoms with van der Waals surface area (Å²) in [7, 11) is 0. The van der Waals surface area contributed by atoms with E-state index in [4.69, 9.17) is 10.2 Å². The van der Waals surface area contributed by atoms with Gasteiger partial charge in [0.1, 0.15) is 0 Å². The van der Waals surface area contributed by atoms with Crippen molar-refractivity contribution in [3.8, 4) is 0 Å². The number of carboxylic acid groups (broad SMARTS) is 2. The van der Waals surface area contributed by atoms with Crippen molar-refractivity contribution in [2.24, 2.45) is 0 Å². The lowest BCUT2D eigenvalue weighted by molar-refractivity contribution is -0.140. The molecule has 19 heavy (non-hydrogen) atoms. The Morgan fingerprint density at radius 3 is 2.16 bits per heavy atom. The summed E-state index contributed by atoms with van der Waals surface area (Å²) in [6.07, 6.45) is -0.693. The number of hydrogen-bond acceptors (Lipinski definition) is 3. The number of aliphatic carboxylic acids is 2. The van der Waals surface area contributed by atoms with E-state index in [2.05, 4.69) is 5.32 Å². The summed E-state index contributed by atoms with van der Waals surface area (Å²) in [6.45, 7) is 0. The van der Waals surface area contributed by atoms with Crippen LogP contribution in [-0.2, 0) is 14.4 Å². The predicted molar refractivity (Wildman–Crippen MR) is 66.4 cm³/mol. The molecule has 0 radical (unpaired) electrons. The van der Waals surface area contributed by atoms with E-state index in [1.54, 1.807) is 30.3 Å². The molecule has 0 aliphatic heterocycles. The fourth-order valence-electron chi connectivity index (χ4n) is 1.60. The maximum absolute atomic E-state index is 11.5. The molecule has 102 valence electrons. The van der Waals surface area contributed by atoms with Crippen LogP contribution in [-0.4, -0.2) is 28.1 Å². The molecule has 0 saturated heterocycles. The zero-order valence-electron chi connectivity index (χ0n) is 10.2. The summed E-state index contributed by atoms with van der Waals surface area (Å²) in [5.74, 6) is -2.57. The first-order valence-corrected chi connectivity index (χ1v) is 5.77. The number of benzene rings is 1. The van der Waals surface area contributed by atoms with Gasteiger partial charge in [-0.3, -0.25) is 14.4 Å². The Hall–Kier alpha value is -2.37. The summed E-state index contributed by atoms with van der Waals surface area (Å²) < 4.78 is 0. The van der Waals surface area contributed by atoms with Crippen LogP contribution >= 0.6 is 0 Å². The zero-order chi connectivity index (χ0) is 14.3. The van der Waals surface area contributed by atoms with Gasteiger partial charge in [0.05, 0.1) is 18.9 Å². The third-order valence-electron chi connectivity index (χ3n) is 2.48. The highest BCUT2D eigenvalue weighted by Gasteiger charge is 2.18. The number of amides is 1. The van der Waals surface area contributed by atoms with Crippen LogP contribution in [0, 0.1) is 0 Å². The van der Waals surface area contributed by atoms with Crippen molar-refractivity contribution in [2.75, 3.05) is 0 Å². The second-order valence-electron chi connectivity index (χ2n) is 4.02. The van der Waals surface area contributed by atoms with Crippen molar-refractivity contribution in [3.63, 3.8) is 0 Å². The lowest BCUT2D eigenvalue weighted by Crippen LogP contribution is -2.30. The van der Waals surface area contributed by atoms with Gasteiger partial charge in [0.25, 0.3) is 0 Å². The maximum Gasteiger partial charge on any atom is 0.305 e.